The molecule has 0 fully saturated rings. The highest BCUT2D eigenvalue weighted by atomic mass is 32.1. The average Bonchev–Trinajstić information content (AvgIpc) is 2.31. The third-order valence-electron chi connectivity index (χ3n) is 1.12. The number of thiol groups is 1. The van der Waals surface area contributed by atoms with E-state index in [0.717, 1.165) is 11.5 Å². The van der Waals surface area contributed by atoms with Gasteiger partial charge in [-0.25, -0.2) is 4.98 Å². The molecule has 0 saturated heterocycles. The Morgan fingerprint density at radius 3 is 3.00 bits per heavy atom. The molecule has 4 nitrogen and oxygen atoms in total. The van der Waals surface area contributed by atoms with E-state index in [0.29, 0.717) is 4.32 Å². The van der Waals surface area contributed by atoms with Gasteiger partial charge in [0.05, 0.1) is 12.0 Å². The van der Waals surface area contributed by atoms with Crippen molar-refractivity contribution in [1.82, 2.24) is 15.4 Å². The summed E-state index contributed by atoms with van der Waals surface area (Å²) in [5.74, 6) is 0.724. The molecule has 0 atom stereocenters. The molecule has 0 unspecified atom stereocenters. The molecule has 0 aliphatic rings. The van der Waals surface area contributed by atoms with Crippen molar-refractivity contribution in [3.63, 3.8) is 0 Å². The lowest BCUT2D eigenvalue weighted by molar-refractivity contribution is 1.12. The molecule has 11 heavy (non-hydrogen) atoms. The van der Waals surface area contributed by atoms with Crippen LogP contribution in [0.15, 0.2) is 6.33 Å². The lowest BCUT2D eigenvalue weighted by Crippen LogP contribution is -2.24. The van der Waals surface area contributed by atoms with Crippen molar-refractivity contribution in [2.75, 3.05) is 5.43 Å². The Kier molecular flexibility index (Phi) is 2.72. The molecule has 3 N–H and O–H groups in total. The number of nitrogens with one attached hydrogen (secondary N) is 3. The number of hydrazine groups is 1. The van der Waals surface area contributed by atoms with Crippen LogP contribution in [0.25, 0.3) is 0 Å². The Bertz CT molecular complexity index is 257. The normalized spacial score (nSPS) is 9.27. The molecule has 0 saturated carbocycles. The number of aromatic amines is 1. The molecule has 0 radical (unpaired) electrons. The van der Waals surface area contributed by atoms with Crippen LogP contribution in [0.5, 0.6) is 0 Å². The summed E-state index contributed by atoms with van der Waals surface area (Å²) in [4.78, 5) is 6.88. The predicted octanol–water partition coefficient (Wildman–Crippen LogP) is 0.849. The second kappa shape index (κ2) is 3.59. The smallest absolute Gasteiger partial charge is 0.165 e. The fourth-order valence-electron chi connectivity index (χ4n) is 0.598. The van der Waals surface area contributed by atoms with E-state index in [9.17, 15) is 0 Å². The SMILES string of the molecule is Cc1[nH]cnc1NNC(=S)S. The van der Waals surface area contributed by atoms with Crippen LogP contribution in [0.4, 0.5) is 5.82 Å². The van der Waals surface area contributed by atoms with Crippen LogP contribution < -0.4 is 10.9 Å². The van der Waals surface area contributed by atoms with Gasteiger partial charge in [0.25, 0.3) is 0 Å². The van der Waals surface area contributed by atoms with Gasteiger partial charge in [-0.15, -0.1) is 12.6 Å². The number of aryl methyl sites for hydroxylation is 1. The maximum absolute atomic E-state index is 4.66. The molecule has 6 heteroatoms. The number of hydrogen-bond donors (Lipinski definition) is 4. The summed E-state index contributed by atoms with van der Waals surface area (Å²) >= 11 is 8.53. The number of hydrogen-bond acceptors (Lipinski definition) is 3. The van der Waals surface area contributed by atoms with Gasteiger partial charge in [-0.2, -0.15) is 0 Å². The quantitative estimate of drug-likeness (QED) is 0.316. The second-order valence-corrected chi connectivity index (χ2v) is 3.09. The first-order valence-corrected chi connectivity index (χ1v) is 3.80. The zero-order chi connectivity index (χ0) is 8.27. The van der Waals surface area contributed by atoms with Gasteiger partial charge in [0, 0.05) is 0 Å². The van der Waals surface area contributed by atoms with E-state index in [1.54, 1.807) is 6.33 Å². The third kappa shape index (κ3) is 2.39. The summed E-state index contributed by atoms with van der Waals surface area (Å²) in [5.41, 5.74) is 6.38. The fraction of sp³-hybridized carbons (Fsp3) is 0.200. The van der Waals surface area contributed by atoms with Crippen molar-refractivity contribution in [2.24, 2.45) is 0 Å². The summed E-state index contributed by atoms with van der Waals surface area (Å²) < 4.78 is 0.382. The number of rotatable bonds is 2. The molecule has 0 aliphatic carbocycles. The predicted molar refractivity (Wildman–Crippen MR) is 51.7 cm³/mol. The minimum atomic E-state index is 0.382. The average molecular weight is 188 g/mol. The fourth-order valence-corrected chi connectivity index (χ4v) is 0.704. The Morgan fingerprint density at radius 1 is 1.82 bits per heavy atom. The van der Waals surface area contributed by atoms with Crippen molar-refractivity contribution in [2.45, 2.75) is 6.92 Å². The standard InChI is InChI=1S/C5H8N4S2/c1-3-4(7-2-6-3)8-9-5(10)11/h2,8H,1H3,(H,6,7)(H2,9,10,11). The van der Waals surface area contributed by atoms with Gasteiger partial charge in [-0.1, -0.05) is 12.2 Å². The number of anilines is 1. The van der Waals surface area contributed by atoms with E-state index in [-0.39, 0.29) is 0 Å². The lowest BCUT2D eigenvalue weighted by Gasteiger charge is -2.03. The molecule has 1 aromatic rings. The summed E-state index contributed by atoms with van der Waals surface area (Å²) in [6, 6.07) is 0. The van der Waals surface area contributed by atoms with Crippen LogP contribution in [-0.2, 0) is 0 Å². The van der Waals surface area contributed by atoms with E-state index >= 15 is 0 Å². The highest BCUT2D eigenvalue weighted by Crippen LogP contribution is 2.04. The number of H-pyrrole nitrogens is 1. The summed E-state index contributed by atoms with van der Waals surface area (Å²) in [6.07, 6.45) is 1.60. The minimum Gasteiger partial charge on any atom is -0.347 e. The van der Waals surface area contributed by atoms with Crippen molar-refractivity contribution in [3.05, 3.63) is 12.0 Å². The molecular weight excluding hydrogens is 180 g/mol. The first-order valence-electron chi connectivity index (χ1n) is 2.95. The van der Waals surface area contributed by atoms with Crippen LogP contribution >= 0.6 is 24.8 Å². The van der Waals surface area contributed by atoms with E-state index in [4.69, 9.17) is 0 Å². The Morgan fingerprint density at radius 2 is 2.55 bits per heavy atom. The topological polar surface area (TPSA) is 52.7 Å². The summed E-state index contributed by atoms with van der Waals surface area (Å²) in [5, 5.41) is 0. The molecular formula is C5H8N4S2. The maximum atomic E-state index is 4.66. The molecule has 0 spiro atoms. The second-order valence-electron chi connectivity index (χ2n) is 1.93. The van der Waals surface area contributed by atoms with E-state index < -0.39 is 0 Å². The van der Waals surface area contributed by atoms with Gasteiger partial charge < -0.3 is 4.98 Å². The third-order valence-corrected chi connectivity index (χ3v) is 1.33. The highest BCUT2D eigenvalue weighted by molar-refractivity contribution is 8.11. The van der Waals surface area contributed by atoms with Crippen LogP contribution in [-0.4, -0.2) is 14.3 Å². The van der Waals surface area contributed by atoms with E-state index in [2.05, 4.69) is 45.7 Å². The van der Waals surface area contributed by atoms with Gasteiger partial charge in [-0.3, -0.25) is 10.9 Å². The minimum absolute atomic E-state index is 0.382. The van der Waals surface area contributed by atoms with Crippen molar-refractivity contribution in [1.29, 1.82) is 0 Å². The van der Waals surface area contributed by atoms with Crippen LogP contribution in [0.3, 0.4) is 0 Å². The van der Waals surface area contributed by atoms with Gasteiger partial charge in [0.2, 0.25) is 0 Å². The van der Waals surface area contributed by atoms with Gasteiger partial charge >= 0.3 is 0 Å². The van der Waals surface area contributed by atoms with E-state index in [1.165, 1.54) is 0 Å². The Balaban J connectivity index is 2.51. The van der Waals surface area contributed by atoms with Crippen LogP contribution in [0, 0.1) is 6.92 Å². The summed E-state index contributed by atoms with van der Waals surface area (Å²) in [6.45, 7) is 1.90. The first kappa shape index (κ1) is 8.35. The molecule has 0 bridgehead atoms. The Hall–Kier alpha value is -0.750. The highest BCUT2D eigenvalue weighted by Gasteiger charge is 1.97. The van der Waals surface area contributed by atoms with Gasteiger partial charge in [0.15, 0.2) is 5.82 Å². The maximum Gasteiger partial charge on any atom is 0.165 e. The van der Waals surface area contributed by atoms with Crippen LogP contribution in [0.2, 0.25) is 0 Å². The molecule has 60 valence electrons. The van der Waals surface area contributed by atoms with Gasteiger partial charge in [0.1, 0.15) is 4.32 Å². The molecule has 1 aromatic heterocycles. The number of aromatic nitrogens is 2. The first-order chi connectivity index (χ1) is 5.20. The molecule has 1 rings (SSSR count). The number of nitrogens with zero attached hydrogens (tertiary/aromatic N) is 1. The molecule has 0 amide bonds. The Labute approximate surface area is 75.2 Å². The van der Waals surface area contributed by atoms with Crippen molar-refractivity contribution < 1.29 is 0 Å². The lowest BCUT2D eigenvalue weighted by atomic mass is 10.5. The van der Waals surface area contributed by atoms with E-state index in [1.807, 2.05) is 6.92 Å². The summed E-state index contributed by atoms with van der Waals surface area (Å²) in [7, 11) is 0. The molecule has 0 aliphatic heterocycles. The van der Waals surface area contributed by atoms with Crippen molar-refractivity contribution in [3.8, 4) is 0 Å². The zero-order valence-corrected chi connectivity index (χ0v) is 7.59. The van der Waals surface area contributed by atoms with Crippen LogP contribution in [0.1, 0.15) is 5.69 Å². The molecule has 1 heterocycles. The monoisotopic (exact) mass is 188 g/mol. The number of thiocarbonyl (C=S) groups is 1. The number of imidazole rings is 1. The molecule has 0 aromatic carbocycles. The zero-order valence-electron chi connectivity index (χ0n) is 5.88. The van der Waals surface area contributed by atoms with Gasteiger partial charge in [-0.05, 0) is 6.92 Å². The van der Waals surface area contributed by atoms with Crippen molar-refractivity contribution >= 4 is 35.0 Å². The largest absolute Gasteiger partial charge is 0.347 e.